The van der Waals surface area contributed by atoms with Crippen molar-refractivity contribution in [3.05, 3.63) is 145 Å². The van der Waals surface area contributed by atoms with Crippen molar-refractivity contribution in [3.63, 3.8) is 0 Å². The predicted molar refractivity (Wildman–Crippen MR) is 206 cm³/mol. The van der Waals surface area contributed by atoms with Crippen LogP contribution in [0.3, 0.4) is 0 Å². The number of nitrogens with zero attached hydrogens (tertiary/aromatic N) is 2. The van der Waals surface area contributed by atoms with Crippen LogP contribution in [0.15, 0.2) is 138 Å². The molecule has 5 aliphatic rings. The molecule has 4 bridgehead atoms. The molecule has 13 rings (SSSR count). The second-order valence-electron chi connectivity index (χ2n) is 15.8. The van der Waals surface area contributed by atoms with Gasteiger partial charge in [-0.05, 0) is 124 Å². The normalized spacial score (nSPS) is 24.2. The van der Waals surface area contributed by atoms with Crippen LogP contribution >= 0.6 is 0 Å². The highest BCUT2D eigenvalue weighted by molar-refractivity contribution is 6.17. The third kappa shape index (κ3) is 3.84. The molecule has 3 nitrogen and oxygen atoms in total. The van der Waals surface area contributed by atoms with Crippen molar-refractivity contribution in [2.24, 2.45) is 23.7 Å². The fourth-order valence-electron chi connectivity index (χ4n) is 11.5. The van der Waals surface area contributed by atoms with Crippen LogP contribution in [0, 0.1) is 23.7 Å². The molecule has 244 valence electrons. The van der Waals surface area contributed by atoms with Gasteiger partial charge in [-0.2, -0.15) is 0 Å². The lowest BCUT2D eigenvalue weighted by Crippen LogP contribution is -2.55. The lowest BCUT2D eigenvalue weighted by atomic mass is 9.43. The van der Waals surface area contributed by atoms with Gasteiger partial charge < -0.3 is 4.42 Å². The van der Waals surface area contributed by atoms with Gasteiger partial charge in [-0.25, -0.2) is 4.98 Å². The molecule has 4 fully saturated rings. The second-order valence-corrected chi connectivity index (χ2v) is 15.8. The van der Waals surface area contributed by atoms with Gasteiger partial charge in [0.25, 0.3) is 0 Å². The zero-order valence-corrected chi connectivity index (χ0v) is 28.3. The van der Waals surface area contributed by atoms with Crippen molar-refractivity contribution < 1.29 is 4.42 Å². The van der Waals surface area contributed by atoms with Crippen molar-refractivity contribution >= 4 is 32.6 Å². The van der Waals surface area contributed by atoms with E-state index in [2.05, 4.69) is 134 Å². The first-order chi connectivity index (χ1) is 25.2. The van der Waals surface area contributed by atoms with Gasteiger partial charge in [-0.15, -0.1) is 0 Å². The third-order valence-corrected chi connectivity index (χ3v) is 13.3. The Kier molecular flexibility index (Phi) is 5.67. The Balaban J connectivity index is 0.894. The topological polar surface area (TPSA) is 38.9 Å². The fraction of sp³-hybridized carbons (Fsp3) is 0.208. The molecule has 2 aromatic heterocycles. The fourth-order valence-corrected chi connectivity index (χ4v) is 11.5. The molecular weight excluding hydrogens is 621 g/mol. The van der Waals surface area contributed by atoms with Gasteiger partial charge in [0, 0.05) is 33.7 Å². The first-order valence-corrected chi connectivity index (χ1v) is 18.7. The standard InChI is InChI=1S/C48H36N2O/c1-2-7-37-30(6-1)12-15-32-18-21-43-46(44(32)37)51-47(50-43)33-16-13-31(14-17-33)42-20-19-34(27-49-42)38-9-5-11-41-45(38)39-8-3-4-10-40(39)48(41)35-23-28-22-29(25-35)26-36(48)24-28/h1-21,27-29,35-36H,22-26H2. The van der Waals surface area contributed by atoms with E-state index in [1.54, 1.807) is 11.1 Å². The molecule has 5 aliphatic carbocycles. The molecule has 2 heterocycles. The van der Waals surface area contributed by atoms with Crippen molar-refractivity contribution in [3.8, 4) is 45.0 Å². The van der Waals surface area contributed by atoms with Gasteiger partial charge in [0.05, 0.1) is 5.69 Å². The van der Waals surface area contributed by atoms with Crippen molar-refractivity contribution in [2.45, 2.75) is 37.5 Å². The van der Waals surface area contributed by atoms with E-state index in [1.807, 2.05) is 0 Å². The highest BCUT2D eigenvalue weighted by atomic mass is 16.3. The number of pyridine rings is 1. The number of hydrogen-bond acceptors (Lipinski definition) is 3. The first-order valence-electron chi connectivity index (χ1n) is 18.7. The first kappa shape index (κ1) is 28.2. The van der Waals surface area contributed by atoms with Crippen LogP contribution in [0.1, 0.15) is 43.2 Å². The Morgan fingerprint density at radius 3 is 2.06 bits per heavy atom. The SMILES string of the molecule is c1ccc2c(c1)-c1c(-c3ccc(-c4ccc(-c5nc6ccc7ccc8ccccc8c7c6o5)cc4)nc3)cccc1C21C2CC3CC(C2)CC1C3. The molecule has 0 saturated heterocycles. The second kappa shape index (κ2) is 10.3. The summed E-state index contributed by atoms with van der Waals surface area (Å²) in [5, 5.41) is 4.66. The van der Waals surface area contributed by atoms with Gasteiger partial charge in [0.1, 0.15) is 5.52 Å². The molecule has 0 unspecified atom stereocenters. The van der Waals surface area contributed by atoms with Crippen molar-refractivity contribution in [1.29, 1.82) is 0 Å². The number of fused-ring (bicyclic) bond motifs is 8. The molecule has 0 amide bonds. The van der Waals surface area contributed by atoms with Gasteiger partial charge in [-0.1, -0.05) is 103 Å². The summed E-state index contributed by atoms with van der Waals surface area (Å²) in [6, 6.07) is 46.4. The minimum atomic E-state index is 0.181. The maximum absolute atomic E-state index is 6.49. The number of benzene rings is 6. The highest BCUT2D eigenvalue weighted by Gasteiger charge is 2.61. The van der Waals surface area contributed by atoms with E-state index in [9.17, 15) is 0 Å². The largest absolute Gasteiger partial charge is 0.435 e. The minimum Gasteiger partial charge on any atom is -0.435 e. The quantitative estimate of drug-likeness (QED) is 0.178. The van der Waals surface area contributed by atoms with E-state index < -0.39 is 0 Å². The number of aromatic nitrogens is 2. The molecule has 1 spiro atoms. The summed E-state index contributed by atoms with van der Waals surface area (Å²) < 4.78 is 6.49. The summed E-state index contributed by atoms with van der Waals surface area (Å²) in [4.78, 5) is 9.95. The molecule has 6 aromatic carbocycles. The summed E-state index contributed by atoms with van der Waals surface area (Å²) in [6.45, 7) is 0. The number of oxazole rings is 1. The maximum Gasteiger partial charge on any atom is 0.227 e. The van der Waals surface area contributed by atoms with Crippen LogP contribution < -0.4 is 0 Å². The van der Waals surface area contributed by atoms with E-state index in [4.69, 9.17) is 14.4 Å². The Bertz CT molecular complexity index is 2670. The van der Waals surface area contributed by atoms with E-state index in [1.165, 1.54) is 65.1 Å². The molecule has 0 radical (unpaired) electrons. The average molecular weight is 657 g/mol. The van der Waals surface area contributed by atoms with Crippen LogP contribution in [0.2, 0.25) is 0 Å². The molecule has 8 aromatic rings. The van der Waals surface area contributed by atoms with E-state index in [0.717, 1.165) is 62.4 Å². The van der Waals surface area contributed by atoms with E-state index in [0.29, 0.717) is 5.89 Å². The summed E-state index contributed by atoms with van der Waals surface area (Å²) in [5.74, 6) is 4.06. The number of rotatable bonds is 3. The van der Waals surface area contributed by atoms with Crippen LogP contribution in [0.5, 0.6) is 0 Å². The van der Waals surface area contributed by atoms with Gasteiger partial charge in [0.15, 0.2) is 5.58 Å². The third-order valence-electron chi connectivity index (χ3n) is 13.3. The lowest BCUT2D eigenvalue weighted by Gasteiger charge is -2.61. The zero-order chi connectivity index (χ0) is 33.3. The summed E-state index contributed by atoms with van der Waals surface area (Å²) in [5.41, 5.74) is 13.5. The molecule has 0 aliphatic heterocycles. The van der Waals surface area contributed by atoms with E-state index in [-0.39, 0.29) is 5.41 Å². The van der Waals surface area contributed by atoms with Crippen LogP contribution in [0.4, 0.5) is 0 Å². The molecule has 4 saturated carbocycles. The predicted octanol–water partition coefficient (Wildman–Crippen LogP) is 12.3. The monoisotopic (exact) mass is 656 g/mol. The maximum atomic E-state index is 6.49. The average Bonchev–Trinajstić information content (AvgIpc) is 3.75. The van der Waals surface area contributed by atoms with Gasteiger partial charge in [-0.3, -0.25) is 4.98 Å². The van der Waals surface area contributed by atoms with Crippen LogP contribution in [0.25, 0.3) is 77.6 Å². The van der Waals surface area contributed by atoms with Crippen molar-refractivity contribution in [2.75, 3.05) is 0 Å². The molecule has 51 heavy (non-hydrogen) atoms. The summed E-state index contributed by atoms with van der Waals surface area (Å²) in [7, 11) is 0. The van der Waals surface area contributed by atoms with Gasteiger partial charge >= 0.3 is 0 Å². The van der Waals surface area contributed by atoms with Crippen LogP contribution in [-0.4, -0.2) is 9.97 Å². The lowest BCUT2D eigenvalue weighted by molar-refractivity contribution is -0.0399. The molecule has 0 N–H and O–H groups in total. The Labute approximate surface area is 297 Å². The Hall–Kier alpha value is -5.54. The zero-order valence-electron chi connectivity index (χ0n) is 28.3. The Morgan fingerprint density at radius 2 is 1.24 bits per heavy atom. The summed E-state index contributed by atoms with van der Waals surface area (Å²) >= 11 is 0. The van der Waals surface area contributed by atoms with Gasteiger partial charge in [0.2, 0.25) is 5.89 Å². The Morgan fingerprint density at radius 1 is 0.549 bits per heavy atom. The number of hydrogen-bond donors (Lipinski definition) is 0. The smallest absolute Gasteiger partial charge is 0.227 e. The summed E-state index contributed by atoms with van der Waals surface area (Å²) in [6.07, 6.45) is 9.17. The van der Waals surface area contributed by atoms with Crippen LogP contribution in [-0.2, 0) is 5.41 Å². The minimum absolute atomic E-state index is 0.181. The van der Waals surface area contributed by atoms with Crippen molar-refractivity contribution in [1.82, 2.24) is 9.97 Å². The highest BCUT2D eigenvalue weighted by Crippen LogP contribution is 2.70. The van der Waals surface area contributed by atoms with E-state index >= 15 is 0 Å². The molecule has 3 heteroatoms. The molecule has 0 atom stereocenters. The molecular formula is C48H36N2O.